The molecule has 0 spiro atoms. The van der Waals surface area contributed by atoms with Crippen molar-refractivity contribution >= 4 is 130 Å². The molecule has 0 radical (unpaired) electrons. The van der Waals surface area contributed by atoms with Gasteiger partial charge in [-0.05, 0) is 186 Å². The molecule has 46 nitrogen and oxygen atoms in total. The fraction of sp³-hybridized carbons (Fsp3) is 0.685. The topological polar surface area (TPSA) is 697 Å². The Hall–Kier alpha value is -12.5. The number of carbonyl (C=O) groups is 22. The van der Waals surface area contributed by atoms with Crippen LogP contribution >= 0.6 is 0 Å². The number of likely N-dealkylation sites (tertiary alicyclic amines) is 1. The minimum absolute atomic E-state index is 0.00498. The highest BCUT2D eigenvalue weighted by Gasteiger charge is 2.48. The monoisotopic (exact) mass is 1910 g/mol. The molecule has 0 bridgehead atoms. The Balaban J connectivity index is 2.23. The van der Waals surface area contributed by atoms with Gasteiger partial charge < -0.3 is 127 Å². The number of primary amides is 2. The molecule has 0 aliphatic carbocycles. The molecule has 46 heteroatoms. The smallest absolute Gasteiger partial charge is 0.305 e. The molecule has 1 aromatic carbocycles. The minimum Gasteiger partial charge on any atom is -0.469 e. The summed E-state index contributed by atoms with van der Waals surface area (Å²) in [6, 6.07) is -7.79. The van der Waals surface area contributed by atoms with Gasteiger partial charge in [-0.15, -0.1) is 0 Å². The third kappa shape index (κ3) is 38.1. The molecule has 13 atom stereocenters. The quantitative estimate of drug-likeness (QED) is 0.0272. The zero-order valence-electron chi connectivity index (χ0n) is 82.3. The Morgan fingerprint density at radius 1 is 0.407 bits per heavy atom. The van der Waals surface area contributed by atoms with Crippen LogP contribution < -0.4 is 107 Å². The average molecular weight is 1910 g/mol. The molecular formula is C89H147N21O25. The van der Waals surface area contributed by atoms with Crippen LogP contribution in [0.1, 0.15) is 236 Å². The summed E-state index contributed by atoms with van der Waals surface area (Å²) < 4.78 is 4.79. The first kappa shape index (κ1) is 119. The number of aliphatic hydroxyl groups excluding tert-OH is 2. The lowest BCUT2D eigenvalue weighted by atomic mass is 9.94. The summed E-state index contributed by atoms with van der Waals surface area (Å²) in [6.45, 7) is 31.6. The normalized spacial score (nSPS) is 15.7. The Morgan fingerprint density at radius 2 is 0.800 bits per heavy atom. The maximum absolute atomic E-state index is 14.6. The number of esters is 1. The molecule has 1 fully saturated rings. The van der Waals surface area contributed by atoms with Crippen LogP contribution in [0.25, 0.3) is 0 Å². The lowest BCUT2D eigenvalue weighted by Gasteiger charge is -2.35. The first-order valence-corrected chi connectivity index (χ1v) is 44.9. The van der Waals surface area contributed by atoms with Gasteiger partial charge in [0.15, 0.2) is 0 Å². The van der Waals surface area contributed by atoms with Gasteiger partial charge >= 0.3 is 5.97 Å². The fourth-order valence-electron chi connectivity index (χ4n) is 13.5. The van der Waals surface area contributed by atoms with Crippen molar-refractivity contribution in [3.05, 3.63) is 35.9 Å². The third-order valence-corrected chi connectivity index (χ3v) is 22.3. The average Bonchev–Trinajstić information content (AvgIpc) is 1.76. The third-order valence-electron chi connectivity index (χ3n) is 22.3. The largest absolute Gasteiger partial charge is 0.469 e. The summed E-state index contributed by atoms with van der Waals surface area (Å²) in [5.74, 6) is -21.0. The summed E-state index contributed by atoms with van der Waals surface area (Å²) in [4.78, 5) is 300. The molecule has 1 aromatic rings. The second kappa shape index (κ2) is 51.8. The SMILES string of the molecule is CCC(C)C(NC(=O)C(C)(C)NC(=O)C(NC(=O)C1CCCN1C(=O)C(C)(C)NC(=O)C(CC(C)C)NC(=O)C(CO)NC(=O)C(C)NC(=O)C(C)(C)NC(=O)C(C)(C)NC(=O)C(CCC(N)=O)NC(=O)C(C)(C)NC(=O)C(C)(C)NC(=O)C(C)NC(=O)C(C)NC(=O)C(C)(C)NC(C)=O)C(C)C)C(=O)NC(CCC(=O)OC)C(=O)NC(CCC(N)=O)C(=O)NC(CO)Cc1ccccc1. The highest BCUT2D eigenvalue weighted by atomic mass is 16.5. The van der Waals surface area contributed by atoms with Crippen molar-refractivity contribution < 1.29 is 120 Å². The zero-order valence-corrected chi connectivity index (χ0v) is 82.3. The number of rotatable bonds is 54. The van der Waals surface area contributed by atoms with Gasteiger partial charge in [-0.3, -0.25) is 105 Å². The van der Waals surface area contributed by atoms with Gasteiger partial charge in [-0.25, -0.2) is 0 Å². The molecule has 1 aliphatic rings. The number of amides is 21. The van der Waals surface area contributed by atoms with Gasteiger partial charge in [0.1, 0.15) is 105 Å². The molecule has 0 aromatic heterocycles. The number of methoxy groups -OCH3 is 1. The number of ether oxygens (including phenoxy) is 1. The number of aliphatic hydroxyl groups is 2. The van der Waals surface area contributed by atoms with Crippen LogP contribution in [0.4, 0.5) is 0 Å². The van der Waals surface area contributed by atoms with Gasteiger partial charge in [0.25, 0.3) is 0 Å². The number of benzene rings is 1. The van der Waals surface area contributed by atoms with Crippen LogP contribution in [-0.4, -0.2) is 283 Å². The van der Waals surface area contributed by atoms with E-state index in [1.165, 1.54) is 130 Å². The van der Waals surface area contributed by atoms with E-state index in [0.29, 0.717) is 0 Å². The molecule has 13 unspecified atom stereocenters. The maximum Gasteiger partial charge on any atom is 0.305 e. The molecule has 1 aliphatic heterocycles. The highest BCUT2D eigenvalue weighted by Crippen LogP contribution is 2.25. The zero-order chi connectivity index (χ0) is 104. The van der Waals surface area contributed by atoms with E-state index in [-0.39, 0.29) is 63.8 Å². The minimum atomic E-state index is -1.94. The lowest BCUT2D eigenvalue weighted by Crippen LogP contribution is -2.67. The van der Waals surface area contributed by atoms with Gasteiger partial charge in [0, 0.05) is 32.7 Å². The van der Waals surface area contributed by atoms with E-state index in [9.17, 15) is 116 Å². The highest BCUT2D eigenvalue weighted by molar-refractivity contribution is 6.04. The second-order valence-corrected chi connectivity index (χ2v) is 38.6. The van der Waals surface area contributed by atoms with E-state index in [0.717, 1.165) is 12.7 Å². The number of nitrogens with two attached hydrogens (primary N) is 2. The Morgan fingerprint density at radius 3 is 1.27 bits per heavy atom. The Kier molecular flexibility index (Phi) is 45.5. The second-order valence-electron chi connectivity index (χ2n) is 38.6. The molecule has 1 saturated heterocycles. The molecule has 758 valence electrons. The van der Waals surface area contributed by atoms with Crippen LogP contribution in [0.2, 0.25) is 0 Å². The van der Waals surface area contributed by atoms with Crippen molar-refractivity contribution in [2.75, 3.05) is 26.9 Å². The van der Waals surface area contributed by atoms with Gasteiger partial charge in [-0.1, -0.05) is 78.3 Å². The lowest BCUT2D eigenvalue weighted by molar-refractivity contribution is -0.146. The molecule has 2 rings (SSSR count). The van der Waals surface area contributed by atoms with Crippen molar-refractivity contribution in [1.29, 1.82) is 0 Å². The number of hydrogen-bond donors (Lipinski definition) is 22. The van der Waals surface area contributed by atoms with Gasteiger partial charge in [-0.2, -0.15) is 0 Å². The van der Waals surface area contributed by atoms with Crippen LogP contribution in [-0.2, 0) is 117 Å². The molecule has 0 saturated carbocycles. The van der Waals surface area contributed by atoms with E-state index in [1.54, 1.807) is 71.9 Å². The van der Waals surface area contributed by atoms with Crippen molar-refractivity contribution in [1.82, 2.24) is 101 Å². The van der Waals surface area contributed by atoms with Crippen LogP contribution in [0.5, 0.6) is 0 Å². The van der Waals surface area contributed by atoms with Crippen LogP contribution in [0.3, 0.4) is 0 Å². The predicted octanol–water partition coefficient (Wildman–Crippen LogP) is -4.89. The van der Waals surface area contributed by atoms with Gasteiger partial charge in [0.2, 0.25) is 124 Å². The predicted molar refractivity (Wildman–Crippen MR) is 490 cm³/mol. The number of nitrogens with zero attached hydrogens (tertiary/aromatic N) is 1. The van der Waals surface area contributed by atoms with Crippen LogP contribution in [0, 0.1) is 17.8 Å². The number of nitrogens with one attached hydrogen (secondary N) is 18. The fourth-order valence-corrected chi connectivity index (χ4v) is 13.5. The standard InChI is InChI=1S/C89H147N21O25/c1-26-47(6)64(74(126)97-55(36-39-62(116)135-25)69(121)96-54(34-37-60(90)114)68(120)95-53(43-111)42-52-31-28-27-29-32-52)102-79(131)84(13,14)107-75(127)63(46(4)5)101-73(125)59-33-30-40-110(59)82(134)89(23,24)106-72(124)57(41-45(2)3)98-70(122)58(44-112)99-66(118)49(8)94-77(129)85(15,16)108-81(133)88(21,22)105-71(123)56(35-38-61(91)115)100-78(130)86(17,18)109-80(132)87(19,20)104-67(119)50(9)92-65(117)48(7)93-76(128)83(11,12)103-51(10)113/h27-29,31-32,45-50,53-59,63-64,111-112H,26,30,33-44H2,1-25H3,(H2,90,114)(H2,91,115)(H,92,117)(H,93,128)(H,94,129)(H,95,120)(H,96,121)(H,97,126)(H,98,122)(H,99,118)(H,100,130)(H,101,125)(H,102,131)(H,103,113)(H,104,119)(H,105,123)(H,106,124)(H,107,127)(H,108,133)(H,109,132). The van der Waals surface area contributed by atoms with E-state index >= 15 is 0 Å². The van der Waals surface area contributed by atoms with Crippen molar-refractivity contribution in [2.24, 2.45) is 29.2 Å². The van der Waals surface area contributed by atoms with Crippen molar-refractivity contribution in [3.63, 3.8) is 0 Å². The summed E-state index contributed by atoms with van der Waals surface area (Å²) in [5, 5.41) is 66.0. The Bertz CT molecular complexity index is 4460. The maximum atomic E-state index is 14.6. The molecule has 24 N–H and O–H groups in total. The first-order valence-electron chi connectivity index (χ1n) is 44.9. The summed E-state index contributed by atoms with van der Waals surface area (Å²) >= 11 is 0. The molecule has 21 amide bonds. The number of carbonyl (C=O) groups excluding carboxylic acids is 22. The summed E-state index contributed by atoms with van der Waals surface area (Å²) in [5.41, 5.74) is -0.958. The van der Waals surface area contributed by atoms with Crippen molar-refractivity contribution in [2.45, 2.75) is 348 Å². The van der Waals surface area contributed by atoms with E-state index in [2.05, 4.69) is 95.7 Å². The Labute approximate surface area is 787 Å². The van der Waals surface area contributed by atoms with E-state index in [4.69, 9.17) is 16.2 Å². The van der Waals surface area contributed by atoms with E-state index in [1.807, 2.05) is 0 Å². The van der Waals surface area contributed by atoms with E-state index < -0.39 is 286 Å². The van der Waals surface area contributed by atoms with Crippen molar-refractivity contribution in [3.8, 4) is 0 Å². The number of hydrogen-bond acceptors (Lipinski definition) is 25. The first-order chi connectivity index (χ1) is 62.1. The molecular weight excluding hydrogens is 1760 g/mol. The summed E-state index contributed by atoms with van der Waals surface area (Å²) in [7, 11) is 1.11. The molecule has 1 heterocycles. The summed E-state index contributed by atoms with van der Waals surface area (Å²) in [6.07, 6.45) is -1.61. The van der Waals surface area contributed by atoms with Gasteiger partial charge in [0.05, 0.1) is 26.4 Å². The molecule has 135 heavy (non-hydrogen) atoms. The van der Waals surface area contributed by atoms with Crippen LogP contribution in [0.15, 0.2) is 30.3 Å².